The molecule has 2 N–H and O–H groups in total. The maximum Gasteiger partial charge on any atom is 0.250 e. The highest BCUT2D eigenvalue weighted by molar-refractivity contribution is 7.89. The van der Waals surface area contributed by atoms with Gasteiger partial charge in [-0.05, 0) is 31.7 Å². The van der Waals surface area contributed by atoms with E-state index in [0.29, 0.717) is 29.3 Å². The summed E-state index contributed by atoms with van der Waals surface area (Å²) in [6, 6.07) is 3.56. The SMILES string of the molecule is CCC(NS(=O)(=O)c1c(C)[nH]c(C)c1-c1nnc(C)o1)c1cccs1. The van der Waals surface area contributed by atoms with Crippen molar-refractivity contribution in [2.24, 2.45) is 0 Å². The Labute approximate surface area is 150 Å². The van der Waals surface area contributed by atoms with Gasteiger partial charge in [-0.1, -0.05) is 13.0 Å². The predicted molar refractivity (Wildman–Crippen MR) is 96.0 cm³/mol. The zero-order chi connectivity index (χ0) is 18.2. The molecule has 0 fully saturated rings. The zero-order valence-corrected chi connectivity index (χ0v) is 16.1. The topological polar surface area (TPSA) is 101 Å². The lowest BCUT2D eigenvalue weighted by atomic mass is 10.2. The third-order valence-electron chi connectivity index (χ3n) is 3.92. The van der Waals surface area contributed by atoms with Crippen LogP contribution in [-0.4, -0.2) is 23.6 Å². The molecule has 3 rings (SSSR count). The Hall–Kier alpha value is -1.97. The van der Waals surface area contributed by atoms with E-state index in [1.54, 1.807) is 20.8 Å². The van der Waals surface area contributed by atoms with Crippen LogP contribution in [0.15, 0.2) is 26.8 Å². The lowest BCUT2D eigenvalue weighted by molar-refractivity contribution is 0.529. The van der Waals surface area contributed by atoms with Crippen LogP contribution < -0.4 is 4.72 Å². The molecular weight excluding hydrogens is 360 g/mol. The minimum absolute atomic E-state index is 0.156. The molecule has 3 heterocycles. The van der Waals surface area contributed by atoms with Gasteiger partial charge in [-0.3, -0.25) is 0 Å². The smallest absolute Gasteiger partial charge is 0.250 e. The fraction of sp³-hybridized carbons (Fsp3) is 0.375. The fourth-order valence-corrected chi connectivity index (χ4v) is 5.51. The number of hydrogen-bond acceptors (Lipinski definition) is 6. The number of sulfonamides is 1. The van der Waals surface area contributed by atoms with Gasteiger partial charge in [0.2, 0.25) is 15.9 Å². The van der Waals surface area contributed by atoms with Crippen LogP contribution in [-0.2, 0) is 10.0 Å². The third-order valence-corrected chi connectivity index (χ3v) is 6.55. The first-order chi connectivity index (χ1) is 11.8. The molecule has 1 unspecified atom stereocenters. The quantitative estimate of drug-likeness (QED) is 0.682. The van der Waals surface area contributed by atoms with E-state index < -0.39 is 10.0 Å². The molecule has 0 radical (unpaired) electrons. The van der Waals surface area contributed by atoms with E-state index in [1.165, 1.54) is 11.3 Å². The van der Waals surface area contributed by atoms with Gasteiger partial charge in [-0.15, -0.1) is 21.5 Å². The monoisotopic (exact) mass is 380 g/mol. The molecule has 0 saturated carbocycles. The van der Waals surface area contributed by atoms with E-state index >= 15 is 0 Å². The Morgan fingerprint density at radius 1 is 1.28 bits per heavy atom. The van der Waals surface area contributed by atoms with E-state index in [4.69, 9.17) is 4.42 Å². The van der Waals surface area contributed by atoms with Crippen LogP contribution in [0.4, 0.5) is 0 Å². The number of aromatic nitrogens is 3. The molecule has 0 bridgehead atoms. The van der Waals surface area contributed by atoms with Crippen molar-refractivity contribution in [3.63, 3.8) is 0 Å². The van der Waals surface area contributed by atoms with Gasteiger partial charge in [0.25, 0.3) is 5.89 Å². The summed E-state index contributed by atoms with van der Waals surface area (Å²) in [5, 5.41) is 9.73. The Kier molecular flexibility index (Phi) is 4.81. The van der Waals surface area contributed by atoms with E-state index in [2.05, 4.69) is 19.9 Å². The van der Waals surface area contributed by atoms with Gasteiger partial charge in [0.1, 0.15) is 4.90 Å². The van der Waals surface area contributed by atoms with Crippen molar-refractivity contribution < 1.29 is 12.8 Å². The second-order valence-electron chi connectivity index (χ2n) is 5.80. The molecule has 9 heteroatoms. The van der Waals surface area contributed by atoms with Gasteiger partial charge in [-0.25, -0.2) is 13.1 Å². The summed E-state index contributed by atoms with van der Waals surface area (Å²) >= 11 is 1.53. The lowest BCUT2D eigenvalue weighted by Crippen LogP contribution is -2.28. The molecule has 0 amide bonds. The highest BCUT2D eigenvalue weighted by Crippen LogP contribution is 2.34. The Morgan fingerprint density at radius 3 is 2.60 bits per heavy atom. The number of aromatic amines is 1. The van der Waals surface area contributed by atoms with Crippen LogP contribution >= 0.6 is 11.3 Å². The highest BCUT2D eigenvalue weighted by Gasteiger charge is 2.30. The van der Waals surface area contributed by atoms with Crippen molar-refractivity contribution in [2.75, 3.05) is 0 Å². The first-order valence-electron chi connectivity index (χ1n) is 7.88. The first-order valence-corrected chi connectivity index (χ1v) is 10.2. The molecule has 0 aliphatic carbocycles. The van der Waals surface area contributed by atoms with Crippen LogP contribution in [0.5, 0.6) is 0 Å². The molecule has 0 aromatic carbocycles. The highest BCUT2D eigenvalue weighted by atomic mass is 32.2. The largest absolute Gasteiger partial charge is 0.421 e. The summed E-state index contributed by atoms with van der Waals surface area (Å²) in [6.45, 7) is 7.13. The second kappa shape index (κ2) is 6.74. The summed E-state index contributed by atoms with van der Waals surface area (Å²) in [4.78, 5) is 4.21. The average Bonchev–Trinajstić information content (AvgIpc) is 3.25. The number of rotatable bonds is 6. The second-order valence-corrected chi connectivity index (χ2v) is 8.43. The predicted octanol–water partition coefficient (Wildman–Crippen LogP) is 3.48. The van der Waals surface area contributed by atoms with Crippen LogP contribution in [0.2, 0.25) is 0 Å². The summed E-state index contributed by atoms with van der Waals surface area (Å²) in [5.41, 5.74) is 1.63. The summed E-state index contributed by atoms with van der Waals surface area (Å²) in [5.74, 6) is 0.582. The first kappa shape index (κ1) is 17.8. The van der Waals surface area contributed by atoms with E-state index in [1.807, 2.05) is 24.4 Å². The fourth-order valence-electron chi connectivity index (χ4n) is 2.83. The number of nitrogens with one attached hydrogen (secondary N) is 2. The van der Waals surface area contributed by atoms with Crippen molar-refractivity contribution in [2.45, 2.75) is 45.1 Å². The van der Waals surface area contributed by atoms with Gasteiger partial charge in [0.15, 0.2) is 0 Å². The summed E-state index contributed by atoms with van der Waals surface area (Å²) in [7, 11) is -3.78. The zero-order valence-electron chi connectivity index (χ0n) is 14.5. The minimum atomic E-state index is -3.78. The lowest BCUT2D eigenvalue weighted by Gasteiger charge is -2.16. The normalized spacial score (nSPS) is 13.3. The maximum absolute atomic E-state index is 13.1. The van der Waals surface area contributed by atoms with Crippen molar-refractivity contribution in [1.82, 2.24) is 19.9 Å². The van der Waals surface area contributed by atoms with Crippen LogP contribution in [0.3, 0.4) is 0 Å². The van der Waals surface area contributed by atoms with Crippen molar-refractivity contribution >= 4 is 21.4 Å². The summed E-state index contributed by atoms with van der Waals surface area (Å²) in [6.07, 6.45) is 0.650. The van der Waals surface area contributed by atoms with Crippen LogP contribution in [0.1, 0.15) is 41.5 Å². The molecule has 25 heavy (non-hydrogen) atoms. The standard InChI is InChI=1S/C16H20N4O3S2/c1-5-12(13-7-6-8-24-13)20-25(21,22)15-10(3)17-9(2)14(15)16-19-18-11(4)23-16/h6-8,12,17,20H,5H2,1-4H3. The number of aryl methyl sites for hydroxylation is 3. The van der Waals surface area contributed by atoms with Crippen molar-refractivity contribution in [3.05, 3.63) is 39.7 Å². The number of hydrogen-bond donors (Lipinski definition) is 2. The maximum atomic E-state index is 13.1. The molecule has 0 aliphatic rings. The van der Waals surface area contributed by atoms with Gasteiger partial charge >= 0.3 is 0 Å². The average molecular weight is 380 g/mol. The van der Waals surface area contributed by atoms with E-state index in [9.17, 15) is 8.42 Å². The summed E-state index contributed by atoms with van der Waals surface area (Å²) < 4.78 is 34.5. The van der Waals surface area contributed by atoms with Gasteiger partial charge in [-0.2, -0.15) is 0 Å². The molecule has 1 atom stereocenters. The Bertz CT molecular complexity index is 971. The minimum Gasteiger partial charge on any atom is -0.421 e. The molecule has 0 saturated heterocycles. The molecule has 134 valence electrons. The third kappa shape index (κ3) is 3.39. The molecular formula is C16H20N4O3S2. The van der Waals surface area contributed by atoms with E-state index in [0.717, 1.165) is 4.88 Å². The van der Waals surface area contributed by atoms with Crippen molar-refractivity contribution in [1.29, 1.82) is 0 Å². The van der Waals surface area contributed by atoms with E-state index in [-0.39, 0.29) is 16.8 Å². The Morgan fingerprint density at radius 2 is 2.04 bits per heavy atom. The van der Waals surface area contributed by atoms with Crippen LogP contribution in [0.25, 0.3) is 11.5 Å². The molecule has 0 aliphatic heterocycles. The van der Waals surface area contributed by atoms with Gasteiger partial charge in [0.05, 0.1) is 11.6 Å². The molecule has 7 nitrogen and oxygen atoms in total. The van der Waals surface area contributed by atoms with Crippen molar-refractivity contribution in [3.8, 4) is 11.5 Å². The molecule has 3 aromatic rings. The number of H-pyrrole nitrogens is 1. The van der Waals surface area contributed by atoms with Gasteiger partial charge < -0.3 is 9.40 Å². The number of thiophene rings is 1. The molecule has 0 spiro atoms. The van der Waals surface area contributed by atoms with Gasteiger partial charge in [0, 0.05) is 23.2 Å². The Balaban J connectivity index is 2.06. The van der Waals surface area contributed by atoms with Crippen LogP contribution in [0, 0.1) is 20.8 Å². The molecule has 3 aromatic heterocycles. The number of nitrogens with zero attached hydrogens (tertiary/aromatic N) is 2.